The number of thioether (sulfide) groups is 1. The van der Waals surface area contributed by atoms with Gasteiger partial charge in [0.05, 0.1) is 37.5 Å². The lowest BCUT2D eigenvalue weighted by atomic mass is 9.75. The molecule has 170 valence electrons. The Hall–Kier alpha value is -3.36. The molecule has 33 heavy (non-hydrogen) atoms. The number of nitriles is 1. The van der Waals surface area contributed by atoms with Crippen molar-refractivity contribution >= 4 is 40.0 Å². The molecule has 0 fully saturated rings. The van der Waals surface area contributed by atoms with Crippen molar-refractivity contribution in [2.75, 3.05) is 24.9 Å². The van der Waals surface area contributed by atoms with E-state index in [4.69, 9.17) is 10.5 Å². The Morgan fingerprint density at radius 3 is 2.85 bits per heavy atom. The molecular weight excluding hydrogens is 462 g/mol. The molecule has 1 atom stereocenters. The molecule has 2 aliphatic rings. The summed E-state index contributed by atoms with van der Waals surface area (Å²) in [5, 5.41) is 18.9. The first-order valence-corrected chi connectivity index (χ1v) is 11.9. The van der Waals surface area contributed by atoms with Crippen LogP contribution in [0.5, 0.6) is 5.75 Å². The van der Waals surface area contributed by atoms with Gasteiger partial charge in [0.2, 0.25) is 5.13 Å². The van der Waals surface area contributed by atoms with Gasteiger partial charge in [-0.1, -0.05) is 41.3 Å². The number of hydrogen-bond donors (Lipinski definition) is 1. The number of benzene rings is 1. The summed E-state index contributed by atoms with van der Waals surface area (Å²) in [6, 6.07) is 9.56. The quantitative estimate of drug-likeness (QED) is 0.483. The average molecular weight is 484 g/mol. The van der Waals surface area contributed by atoms with Gasteiger partial charge < -0.3 is 15.2 Å². The smallest absolute Gasteiger partial charge is 0.316 e. The maximum Gasteiger partial charge on any atom is 0.316 e. The normalized spacial score (nSPS) is 18.2. The van der Waals surface area contributed by atoms with E-state index in [1.165, 1.54) is 30.2 Å². The van der Waals surface area contributed by atoms with Crippen molar-refractivity contribution in [1.82, 2.24) is 10.2 Å². The molecule has 1 aromatic heterocycles. The van der Waals surface area contributed by atoms with Crippen LogP contribution in [-0.4, -0.2) is 41.9 Å². The number of ketones is 1. The van der Waals surface area contributed by atoms with Crippen LogP contribution in [-0.2, 0) is 14.3 Å². The molecule has 0 amide bonds. The van der Waals surface area contributed by atoms with Crippen molar-refractivity contribution in [3.05, 3.63) is 52.5 Å². The number of ether oxygens (including phenoxy) is 2. The van der Waals surface area contributed by atoms with Gasteiger partial charge in [0.25, 0.3) is 0 Å². The minimum absolute atomic E-state index is 0.0257. The molecule has 0 spiro atoms. The molecule has 1 aromatic carbocycles. The molecule has 2 heterocycles. The number of allylic oxidation sites excluding steroid dienone is 3. The number of nitrogens with two attached hydrogens (primary N) is 1. The van der Waals surface area contributed by atoms with E-state index in [0.29, 0.717) is 45.6 Å². The lowest BCUT2D eigenvalue weighted by Gasteiger charge is -2.38. The largest absolute Gasteiger partial charge is 0.496 e. The third kappa shape index (κ3) is 4.19. The third-order valence-corrected chi connectivity index (χ3v) is 7.51. The van der Waals surface area contributed by atoms with Gasteiger partial charge >= 0.3 is 5.97 Å². The first-order valence-electron chi connectivity index (χ1n) is 10.1. The van der Waals surface area contributed by atoms with Crippen molar-refractivity contribution in [1.29, 1.82) is 5.26 Å². The number of aromatic nitrogens is 2. The second kappa shape index (κ2) is 9.64. The van der Waals surface area contributed by atoms with Crippen molar-refractivity contribution in [3.8, 4) is 11.8 Å². The molecular formula is C22H21N5O4S2. The Morgan fingerprint density at radius 1 is 1.33 bits per heavy atom. The summed E-state index contributed by atoms with van der Waals surface area (Å²) in [5.41, 5.74) is 8.78. The summed E-state index contributed by atoms with van der Waals surface area (Å²) in [6.07, 6.45) is 1.67. The highest BCUT2D eigenvalue weighted by Crippen LogP contribution is 2.48. The van der Waals surface area contributed by atoms with Crippen molar-refractivity contribution in [2.24, 2.45) is 5.73 Å². The molecule has 1 aliphatic carbocycles. The van der Waals surface area contributed by atoms with E-state index in [2.05, 4.69) is 21.0 Å². The molecule has 1 aliphatic heterocycles. The van der Waals surface area contributed by atoms with Gasteiger partial charge in [-0.2, -0.15) is 5.26 Å². The number of nitrogens with zero attached hydrogens (tertiary/aromatic N) is 4. The molecule has 0 saturated carbocycles. The molecule has 4 rings (SSSR count). The van der Waals surface area contributed by atoms with E-state index in [9.17, 15) is 14.9 Å². The van der Waals surface area contributed by atoms with Gasteiger partial charge in [-0.05, 0) is 18.9 Å². The highest BCUT2D eigenvalue weighted by Gasteiger charge is 2.42. The van der Waals surface area contributed by atoms with Crippen molar-refractivity contribution in [2.45, 2.75) is 29.5 Å². The Bertz CT molecular complexity index is 1210. The number of hydrogen-bond acceptors (Lipinski definition) is 11. The van der Waals surface area contributed by atoms with Crippen LogP contribution >= 0.6 is 23.1 Å². The van der Waals surface area contributed by atoms with Crippen LogP contribution in [0.25, 0.3) is 0 Å². The highest BCUT2D eigenvalue weighted by molar-refractivity contribution is 8.01. The van der Waals surface area contributed by atoms with Crippen LogP contribution in [0.1, 0.15) is 30.7 Å². The maximum absolute atomic E-state index is 13.2. The van der Waals surface area contributed by atoms with Crippen LogP contribution in [0, 0.1) is 11.3 Å². The van der Waals surface area contributed by atoms with Gasteiger partial charge in [0.1, 0.15) is 11.6 Å². The average Bonchev–Trinajstić information content (AvgIpc) is 3.30. The predicted octanol–water partition coefficient (Wildman–Crippen LogP) is 3.12. The van der Waals surface area contributed by atoms with Crippen LogP contribution in [0.4, 0.5) is 5.13 Å². The van der Waals surface area contributed by atoms with Gasteiger partial charge in [0.15, 0.2) is 10.1 Å². The topological polar surface area (TPSA) is 131 Å². The number of anilines is 1. The first kappa shape index (κ1) is 22.8. The van der Waals surface area contributed by atoms with E-state index >= 15 is 0 Å². The molecule has 0 radical (unpaired) electrons. The summed E-state index contributed by atoms with van der Waals surface area (Å²) in [7, 11) is 2.88. The molecule has 11 heteroatoms. The van der Waals surface area contributed by atoms with Crippen LogP contribution in [0.3, 0.4) is 0 Å². The zero-order chi connectivity index (χ0) is 23.5. The molecule has 2 N–H and O–H groups in total. The number of carbonyl (C=O) groups excluding carboxylic acids is 2. The number of carbonyl (C=O) groups is 2. The van der Waals surface area contributed by atoms with Crippen LogP contribution in [0.2, 0.25) is 0 Å². The lowest BCUT2D eigenvalue weighted by Crippen LogP contribution is -2.38. The lowest BCUT2D eigenvalue weighted by molar-refractivity contribution is -0.137. The van der Waals surface area contributed by atoms with Gasteiger partial charge in [-0.15, -0.1) is 10.2 Å². The molecule has 1 unspecified atom stereocenters. The zero-order valence-corrected chi connectivity index (χ0v) is 19.7. The second-order valence-corrected chi connectivity index (χ2v) is 9.45. The highest BCUT2D eigenvalue weighted by atomic mass is 32.2. The number of methoxy groups -OCH3 is 2. The summed E-state index contributed by atoms with van der Waals surface area (Å²) in [6.45, 7) is 0. The Morgan fingerprint density at radius 2 is 2.12 bits per heavy atom. The van der Waals surface area contributed by atoms with E-state index in [-0.39, 0.29) is 28.9 Å². The number of esters is 1. The van der Waals surface area contributed by atoms with E-state index in [0.717, 1.165) is 5.70 Å². The standard InChI is InChI=1S/C22H21N5O4S2/c1-30-16-9-4-3-6-12(16)18-13(10-23)20(24)27(14-7-5-8-15(28)19(14)18)21-25-26-22(33-21)32-11-17(29)31-2/h3-4,6,9,18H,5,7-8,11,24H2,1-2H3. The summed E-state index contributed by atoms with van der Waals surface area (Å²) in [5.74, 6) is -0.124. The Kier molecular flexibility index (Phi) is 6.67. The van der Waals surface area contributed by atoms with Gasteiger partial charge in [-0.25, -0.2) is 0 Å². The monoisotopic (exact) mass is 483 g/mol. The molecule has 9 nitrogen and oxygen atoms in total. The molecule has 2 aromatic rings. The van der Waals surface area contributed by atoms with Gasteiger partial charge in [0, 0.05) is 23.3 Å². The fourth-order valence-corrected chi connectivity index (χ4v) is 5.76. The molecule has 0 saturated heterocycles. The van der Waals surface area contributed by atoms with E-state index in [1.54, 1.807) is 18.1 Å². The fourth-order valence-electron chi connectivity index (χ4n) is 4.05. The van der Waals surface area contributed by atoms with Crippen molar-refractivity contribution < 1.29 is 19.1 Å². The summed E-state index contributed by atoms with van der Waals surface area (Å²) < 4.78 is 10.7. The van der Waals surface area contributed by atoms with Crippen LogP contribution in [0.15, 0.2) is 51.3 Å². The Labute approximate surface area is 198 Å². The first-order chi connectivity index (χ1) is 16.0. The predicted molar refractivity (Wildman–Crippen MR) is 124 cm³/mol. The zero-order valence-electron chi connectivity index (χ0n) is 18.0. The number of Topliss-reactive ketones (excluding diaryl/α,β-unsaturated/α-hetero) is 1. The summed E-state index contributed by atoms with van der Waals surface area (Å²) >= 11 is 2.44. The Balaban J connectivity index is 1.82. The number of rotatable bonds is 6. The number of para-hydroxylation sites is 1. The van der Waals surface area contributed by atoms with Gasteiger partial charge in [-0.3, -0.25) is 14.5 Å². The van der Waals surface area contributed by atoms with E-state index < -0.39 is 5.92 Å². The van der Waals surface area contributed by atoms with E-state index in [1.807, 2.05) is 18.2 Å². The van der Waals surface area contributed by atoms with Crippen LogP contribution < -0.4 is 15.4 Å². The third-order valence-electron chi connectivity index (χ3n) is 5.49. The fraction of sp³-hybridized carbons (Fsp3) is 0.318. The maximum atomic E-state index is 13.2. The second-order valence-electron chi connectivity index (χ2n) is 7.27. The minimum atomic E-state index is -0.619. The SMILES string of the molecule is COC(=O)CSc1nnc(N2C(N)=C(C#N)C(c3ccccc3OC)C3=C2CCCC3=O)s1. The van der Waals surface area contributed by atoms with Crippen molar-refractivity contribution in [3.63, 3.8) is 0 Å². The summed E-state index contributed by atoms with van der Waals surface area (Å²) in [4.78, 5) is 26.3. The minimum Gasteiger partial charge on any atom is -0.496 e. The molecule has 0 bridgehead atoms.